The van der Waals surface area contributed by atoms with Gasteiger partial charge in [-0.25, -0.2) is 8.78 Å². The summed E-state index contributed by atoms with van der Waals surface area (Å²) < 4.78 is 38.9. The number of aromatic nitrogens is 2. The number of nitrogens with two attached hydrogens (primary N) is 1. The summed E-state index contributed by atoms with van der Waals surface area (Å²) in [6, 6.07) is 3.10. The highest BCUT2D eigenvalue weighted by molar-refractivity contribution is 5.27. The molecule has 26 heavy (non-hydrogen) atoms. The first-order valence-electron chi connectivity index (χ1n) is 8.67. The molecule has 3 N–H and O–H groups in total. The van der Waals surface area contributed by atoms with Gasteiger partial charge >= 0.3 is 0 Å². The van der Waals surface area contributed by atoms with E-state index in [1.807, 2.05) is 6.20 Å². The Bertz CT molecular complexity index is 784. The first-order chi connectivity index (χ1) is 12.6. The molecular formula is C18H22F2N4O2. The van der Waals surface area contributed by atoms with Crippen molar-refractivity contribution in [3.8, 4) is 0 Å². The van der Waals surface area contributed by atoms with E-state index in [1.54, 1.807) is 7.11 Å². The van der Waals surface area contributed by atoms with E-state index in [0.29, 0.717) is 26.2 Å². The minimum Gasteiger partial charge on any atom is -0.383 e. The third-order valence-corrected chi connectivity index (χ3v) is 5.31. The number of nitrogens with zero attached hydrogens (tertiary/aromatic N) is 2. The number of aromatic amines is 1. The van der Waals surface area contributed by atoms with Gasteiger partial charge in [0.2, 0.25) is 0 Å². The van der Waals surface area contributed by atoms with Gasteiger partial charge in [0.15, 0.2) is 0 Å². The highest BCUT2D eigenvalue weighted by Crippen LogP contribution is 2.38. The smallest absolute Gasteiger partial charge is 0.129 e. The van der Waals surface area contributed by atoms with Crippen LogP contribution in [-0.4, -0.2) is 47.5 Å². The fourth-order valence-electron chi connectivity index (χ4n) is 4.06. The van der Waals surface area contributed by atoms with E-state index in [2.05, 4.69) is 15.1 Å². The molecule has 1 fully saturated rings. The molecule has 8 heteroatoms. The number of hydrogen-bond acceptors (Lipinski definition) is 5. The van der Waals surface area contributed by atoms with Crippen LogP contribution in [0.3, 0.4) is 0 Å². The summed E-state index contributed by atoms with van der Waals surface area (Å²) in [7, 11) is 1.67. The second kappa shape index (κ2) is 7.03. The van der Waals surface area contributed by atoms with Crippen LogP contribution in [-0.2, 0) is 16.0 Å². The van der Waals surface area contributed by atoms with Gasteiger partial charge in [0, 0.05) is 36.9 Å². The highest BCUT2D eigenvalue weighted by atomic mass is 19.1. The summed E-state index contributed by atoms with van der Waals surface area (Å²) in [5, 5.41) is 7.12. The molecule has 1 saturated heterocycles. The molecule has 0 bridgehead atoms. The maximum absolute atomic E-state index is 14.1. The van der Waals surface area contributed by atoms with Gasteiger partial charge in [-0.05, 0) is 24.6 Å². The predicted octanol–water partition coefficient (Wildman–Crippen LogP) is 2.05. The van der Waals surface area contributed by atoms with Crippen LogP contribution < -0.4 is 5.73 Å². The lowest BCUT2D eigenvalue weighted by molar-refractivity contribution is -0.0672. The number of hydrogen-bond donors (Lipinski definition) is 2. The zero-order valence-corrected chi connectivity index (χ0v) is 14.5. The molecule has 0 spiro atoms. The molecule has 1 aromatic carbocycles. The molecular weight excluding hydrogens is 342 g/mol. The Kier molecular flexibility index (Phi) is 4.74. The normalized spacial score (nSPS) is 29.1. The van der Waals surface area contributed by atoms with Crippen LogP contribution in [0.5, 0.6) is 0 Å². The molecule has 0 radical (unpaired) electrons. The van der Waals surface area contributed by atoms with Crippen molar-refractivity contribution >= 4 is 0 Å². The number of rotatable bonds is 4. The molecule has 2 aliphatic rings. The van der Waals surface area contributed by atoms with Gasteiger partial charge in [-0.2, -0.15) is 5.10 Å². The third kappa shape index (κ3) is 3.03. The van der Waals surface area contributed by atoms with Crippen LogP contribution in [0.1, 0.15) is 35.4 Å². The molecule has 4 rings (SSSR count). The largest absolute Gasteiger partial charge is 0.383 e. The Hall–Kier alpha value is -1.87. The lowest BCUT2D eigenvalue weighted by atomic mass is 9.93. The maximum Gasteiger partial charge on any atom is 0.129 e. The highest BCUT2D eigenvalue weighted by Gasteiger charge is 2.41. The Morgan fingerprint density at radius 1 is 1.38 bits per heavy atom. The van der Waals surface area contributed by atoms with Crippen LogP contribution in [0.25, 0.3) is 0 Å². The zero-order valence-electron chi connectivity index (χ0n) is 14.5. The second-order valence-electron chi connectivity index (χ2n) is 6.92. The molecule has 140 valence electrons. The van der Waals surface area contributed by atoms with Gasteiger partial charge in [0.1, 0.15) is 17.7 Å². The maximum atomic E-state index is 14.1. The van der Waals surface area contributed by atoms with Gasteiger partial charge in [-0.15, -0.1) is 0 Å². The van der Waals surface area contributed by atoms with Crippen LogP contribution in [0.2, 0.25) is 0 Å². The number of ether oxygens (including phenoxy) is 2. The van der Waals surface area contributed by atoms with Gasteiger partial charge in [0.05, 0.1) is 31.1 Å². The summed E-state index contributed by atoms with van der Waals surface area (Å²) >= 11 is 0. The van der Waals surface area contributed by atoms with Crippen LogP contribution >= 0.6 is 0 Å². The molecule has 3 heterocycles. The van der Waals surface area contributed by atoms with E-state index in [1.165, 1.54) is 6.07 Å². The SMILES string of the molecule is COC[C@@H]1c2cn[nH]c2CN1[C@H]1CO[C@H](c2cc(F)ccc2F)[C@@H](N)C1. The lowest BCUT2D eigenvalue weighted by Gasteiger charge is -2.40. The summed E-state index contributed by atoms with van der Waals surface area (Å²) in [6.45, 7) is 1.65. The van der Waals surface area contributed by atoms with E-state index in [9.17, 15) is 8.78 Å². The van der Waals surface area contributed by atoms with Crippen molar-refractivity contribution in [3.63, 3.8) is 0 Å². The third-order valence-electron chi connectivity index (χ3n) is 5.31. The Morgan fingerprint density at radius 3 is 3.00 bits per heavy atom. The Labute approximate surface area is 150 Å². The van der Waals surface area contributed by atoms with Crippen molar-refractivity contribution < 1.29 is 18.3 Å². The zero-order chi connectivity index (χ0) is 18.3. The molecule has 0 aliphatic carbocycles. The second-order valence-corrected chi connectivity index (χ2v) is 6.92. The first-order valence-corrected chi connectivity index (χ1v) is 8.67. The number of benzene rings is 1. The monoisotopic (exact) mass is 364 g/mol. The molecule has 0 unspecified atom stereocenters. The fraction of sp³-hybridized carbons (Fsp3) is 0.500. The van der Waals surface area contributed by atoms with E-state index >= 15 is 0 Å². The summed E-state index contributed by atoms with van der Waals surface area (Å²) in [5.41, 5.74) is 8.67. The fourth-order valence-corrected chi connectivity index (χ4v) is 4.06. The van der Waals surface area contributed by atoms with Crippen LogP contribution in [0, 0.1) is 11.6 Å². The molecule has 2 aliphatic heterocycles. The predicted molar refractivity (Wildman–Crippen MR) is 90.2 cm³/mol. The van der Waals surface area contributed by atoms with Gasteiger partial charge in [-0.1, -0.05) is 0 Å². The van der Waals surface area contributed by atoms with E-state index in [4.69, 9.17) is 15.2 Å². The summed E-state index contributed by atoms with van der Waals surface area (Å²) in [6.07, 6.45) is 1.80. The Balaban J connectivity index is 1.50. The van der Waals surface area contributed by atoms with Crippen molar-refractivity contribution in [1.29, 1.82) is 0 Å². The number of H-pyrrole nitrogens is 1. The van der Waals surface area contributed by atoms with Gasteiger partial charge in [-0.3, -0.25) is 10.00 Å². The number of nitrogens with one attached hydrogen (secondary N) is 1. The number of methoxy groups -OCH3 is 1. The average molecular weight is 364 g/mol. The van der Waals surface area contributed by atoms with Crippen LogP contribution in [0.15, 0.2) is 24.4 Å². The van der Waals surface area contributed by atoms with Crippen molar-refractivity contribution in [2.24, 2.45) is 5.73 Å². The quantitative estimate of drug-likeness (QED) is 0.868. The van der Waals surface area contributed by atoms with Crippen LogP contribution in [0.4, 0.5) is 8.78 Å². The minimum atomic E-state index is -0.648. The van der Waals surface area contributed by atoms with Gasteiger partial charge in [0.25, 0.3) is 0 Å². The Morgan fingerprint density at radius 2 is 2.23 bits per heavy atom. The van der Waals surface area contributed by atoms with Crippen molar-refractivity contribution in [2.45, 2.75) is 37.2 Å². The molecule has 0 saturated carbocycles. The van der Waals surface area contributed by atoms with E-state index in [-0.39, 0.29) is 17.6 Å². The van der Waals surface area contributed by atoms with Crippen molar-refractivity contribution in [3.05, 3.63) is 52.9 Å². The summed E-state index contributed by atoms with van der Waals surface area (Å²) in [5.74, 6) is -0.991. The standard InChI is InChI=1S/C18H22F2N4O2/c1-25-9-17-13-6-22-23-16(13)7-24(17)11-5-15(21)18(26-8-11)12-4-10(19)2-3-14(12)20/h2-4,6,11,15,17-18H,5,7-9,21H2,1H3,(H,22,23)/t11-,15+,17-,18-/m1/s1. The van der Waals surface area contributed by atoms with Crippen molar-refractivity contribution in [1.82, 2.24) is 15.1 Å². The minimum absolute atomic E-state index is 0.0684. The molecule has 6 nitrogen and oxygen atoms in total. The lowest BCUT2D eigenvalue weighted by Crippen LogP contribution is -2.49. The first kappa shape index (κ1) is 17.5. The topological polar surface area (TPSA) is 76.4 Å². The summed E-state index contributed by atoms with van der Waals surface area (Å²) in [4.78, 5) is 2.28. The van der Waals surface area contributed by atoms with Crippen molar-refractivity contribution in [2.75, 3.05) is 20.3 Å². The average Bonchev–Trinajstić information content (AvgIpc) is 3.20. The number of halogens is 2. The van der Waals surface area contributed by atoms with E-state index in [0.717, 1.165) is 23.4 Å². The van der Waals surface area contributed by atoms with Gasteiger partial charge < -0.3 is 15.2 Å². The van der Waals surface area contributed by atoms with E-state index < -0.39 is 23.8 Å². The number of fused-ring (bicyclic) bond motifs is 1. The molecule has 4 atom stereocenters. The molecule has 2 aromatic rings. The molecule has 0 amide bonds. The molecule has 1 aromatic heterocycles.